The molecule has 0 amide bonds. The van der Waals surface area contributed by atoms with Crippen LogP contribution in [0.5, 0.6) is 0 Å². The zero-order chi connectivity index (χ0) is 23.2. The summed E-state index contributed by atoms with van der Waals surface area (Å²) in [7, 11) is 0. The first-order valence-corrected chi connectivity index (χ1v) is 9.80. The molecule has 5 nitrogen and oxygen atoms in total. The van der Waals surface area contributed by atoms with Gasteiger partial charge in [-0.1, -0.05) is 6.07 Å². The summed E-state index contributed by atoms with van der Waals surface area (Å²) in [6.07, 6.45) is -5.84. The Bertz CT molecular complexity index is 820. The van der Waals surface area contributed by atoms with E-state index in [1.165, 1.54) is 6.92 Å². The van der Waals surface area contributed by atoms with Gasteiger partial charge in [0.25, 0.3) is 5.92 Å². The number of halogens is 6. The highest BCUT2D eigenvalue weighted by Crippen LogP contribution is 2.44. The van der Waals surface area contributed by atoms with E-state index in [1.54, 1.807) is 4.90 Å². The average Bonchev–Trinajstić information content (AvgIpc) is 2.59. The third-order valence-electron chi connectivity index (χ3n) is 5.92. The van der Waals surface area contributed by atoms with Gasteiger partial charge in [0.1, 0.15) is 18.7 Å². The van der Waals surface area contributed by atoms with E-state index in [0.29, 0.717) is 25.0 Å². The van der Waals surface area contributed by atoms with Crippen molar-refractivity contribution in [3.63, 3.8) is 0 Å². The van der Waals surface area contributed by atoms with Gasteiger partial charge in [-0.3, -0.25) is 9.69 Å². The Morgan fingerprint density at radius 3 is 2.45 bits per heavy atom. The molecule has 0 aromatic heterocycles. The van der Waals surface area contributed by atoms with Crippen LogP contribution in [0.1, 0.15) is 37.3 Å². The van der Waals surface area contributed by atoms with Crippen molar-refractivity contribution >= 4 is 5.97 Å². The number of ether oxygens (including phenoxy) is 1. The zero-order valence-electron chi connectivity index (χ0n) is 16.8. The molecule has 174 valence electrons. The van der Waals surface area contributed by atoms with Crippen LogP contribution in [-0.4, -0.2) is 47.4 Å². The largest absolute Gasteiger partial charge is 0.464 e. The summed E-state index contributed by atoms with van der Waals surface area (Å²) in [4.78, 5) is 12.5. The maximum Gasteiger partial charge on any atom is 0.419 e. The summed E-state index contributed by atoms with van der Waals surface area (Å²) < 4.78 is 85.7. The molecule has 1 aromatic carbocycles. The van der Waals surface area contributed by atoms with E-state index < -0.39 is 59.1 Å². The van der Waals surface area contributed by atoms with Gasteiger partial charge >= 0.3 is 12.1 Å². The number of aliphatic hydroxyl groups is 1. The average molecular weight is 454 g/mol. The number of benzene rings is 1. The molecule has 3 N–H and O–H groups in total. The van der Waals surface area contributed by atoms with Gasteiger partial charge in [-0.15, -0.1) is 0 Å². The summed E-state index contributed by atoms with van der Waals surface area (Å²) in [5.74, 6) is -6.34. The lowest BCUT2D eigenvalue weighted by Gasteiger charge is -2.52. The van der Waals surface area contributed by atoms with Crippen molar-refractivity contribution in [2.45, 2.75) is 50.1 Å². The molecule has 0 spiro atoms. The highest BCUT2D eigenvalue weighted by molar-refractivity contribution is 5.66. The van der Waals surface area contributed by atoms with Crippen LogP contribution in [0.3, 0.4) is 0 Å². The minimum Gasteiger partial charge on any atom is -0.464 e. The van der Waals surface area contributed by atoms with Gasteiger partial charge in [0, 0.05) is 37.9 Å². The second-order valence-corrected chi connectivity index (χ2v) is 8.65. The fraction of sp³-hybridized carbons (Fsp3) is 0.650. The number of rotatable bonds is 7. The van der Waals surface area contributed by atoms with E-state index >= 15 is 0 Å². The monoisotopic (exact) mass is 454 g/mol. The lowest BCUT2D eigenvalue weighted by atomic mass is 9.67. The van der Waals surface area contributed by atoms with Gasteiger partial charge in [-0.05, 0) is 30.9 Å². The van der Waals surface area contributed by atoms with Crippen molar-refractivity contribution in [1.82, 2.24) is 4.90 Å². The molecule has 0 radical (unpaired) electrons. The van der Waals surface area contributed by atoms with E-state index in [-0.39, 0.29) is 31.7 Å². The molecule has 2 fully saturated rings. The maximum absolute atomic E-state index is 14.5. The van der Waals surface area contributed by atoms with Crippen molar-refractivity contribution in [3.05, 3.63) is 35.1 Å². The van der Waals surface area contributed by atoms with E-state index in [4.69, 9.17) is 10.5 Å². The van der Waals surface area contributed by atoms with Crippen LogP contribution in [0.25, 0.3) is 0 Å². The summed E-state index contributed by atoms with van der Waals surface area (Å²) in [5.41, 5.74) is 2.73. The highest BCUT2D eigenvalue weighted by atomic mass is 19.4. The van der Waals surface area contributed by atoms with Gasteiger partial charge in [0.05, 0.1) is 11.1 Å². The number of nitrogens with zero attached hydrogens (tertiary/aromatic N) is 1. The molecular weight excluding hydrogens is 430 g/mol. The molecular formula is C20H24F6N2O3. The molecule has 1 saturated heterocycles. The lowest BCUT2D eigenvalue weighted by Crippen LogP contribution is -2.63. The Labute approximate surface area is 175 Å². The van der Waals surface area contributed by atoms with Gasteiger partial charge in [-0.2, -0.15) is 13.2 Å². The van der Waals surface area contributed by atoms with E-state index in [9.17, 15) is 36.2 Å². The van der Waals surface area contributed by atoms with Crippen LogP contribution in [-0.2, 0) is 21.6 Å². The molecule has 2 aliphatic rings. The topological polar surface area (TPSA) is 75.8 Å². The van der Waals surface area contributed by atoms with E-state index in [1.807, 2.05) is 0 Å². The molecule has 31 heavy (non-hydrogen) atoms. The minimum absolute atomic E-state index is 0.0397. The number of hydrogen-bond acceptors (Lipinski definition) is 5. The maximum atomic E-state index is 14.5. The molecule has 1 unspecified atom stereocenters. The SMILES string of the molecule is CC(=O)OCC1(N)CC(C(O)N2CC(CC(F)(F)c3ccc(F)c(C(F)(F)F)c3)C2)C1. The van der Waals surface area contributed by atoms with E-state index in [2.05, 4.69) is 0 Å². The number of carbonyl (C=O) groups is 1. The number of alkyl halides is 5. The molecule has 1 aliphatic carbocycles. The Balaban J connectivity index is 1.51. The Morgan fingerprint density at radius 2 is 1.90 bits per heavy atom. The van der Waals surface area contributed by atoms with Crippen LogP contribution in [0, 0.1) is 17.7 Å². The Hall–Kier alpha value is -1.85. The van der Waals surface area contributed by atoms with Gasteiger partial charge in [-0.25, -0.2) is 13.2 Å². The van der Waals surface area contributed by atoms with Crippen LogP contribution in [0.4, 0.5) is 26.3 Å². The van der Waals surface area contributed by atoms with Gasteiger partial charge in [0.2, 0.25) is 0 Å². The molecule has 0 bridgehead atoms. The standard InChI is InChI=1S/C20H24F6N2O3/c1-11(29)31-10-18(27)6-13(7-18)17(30)28-8-12(9-28)5-19(22,23)14-2-3-16(21)15(4-14)20(24,25)26/h2-4,12-13,17,30H,5-10,27H2,1H3. The second-order valence-electron chi connectivity index (χ2n) is 8.65. The number of aliphatic hydroxyl groups excluding tert-OH is 1. The smallest absolute Gasteiger partial charge is 0.419 e. The third kappa shape index (κ3) is 5.32. The summed E-state index contributed by atoms with van der Waals surface area (Å²) in [6.45, 7) is 1.61. The predicted molar refractivity (Wildman–Crippen MR) is 97.3 cm³/mol. The fourth-order valence-electron chi connectivity index (χ4n) is 4.26. The van der Waals surface area contributed by atoms with Crippen molar-refractivity contribution in [1.29, 1.82) is 0 Å². The first kappa shape index (κ1) is 23.8. The number of carbonyl (C=O) groups excluding carboxylic acids is 1. The molecule has 11 heteroatoms. The predicted octanol–water partition coefficient (Wildman–Crippen LogP) is 3.25. The summed E-state index contributed by atoms with van der Waals surface area (Å²) >= 11 is 0. The van der Waals surface area contributed by atoms with E-state index in [0.717, 1.165) is 0 Å². The molecule has 3 rings (SSSR count). The van der Waals surface area contributed by atoms with Crippen molar-refractivity contribution in [2.75, 3.05) is 19.7 Å². The number of esters is 1. The zero-order valence-corrected chi connectivity index (χ0v) is 16.8. The van der Waals surface area contributed by atoms with Crippen molar-refractivity contribution < 1.29 is 41.0 Å². The van der Waals surface area contributed by atoms with Crippen LogP contribution in [0.15, 0.2) is 18.2 Å². The molecule has 1 atom stereocenters. The number of nitrogens with two attached hydrogens (primary N) is 1. The Kier molecular flexibility index (Phi) is 6.34. The van der Waals surface area contributed by atoms with Crippen molar-refractivity contribution in [2.24, 2.45) is 17.6 Å². The van der Waals surface area contributed by atoms with Crippen LogP contribution < -0.4 is 5.73 Å². The molecule has 1 saturated carbocycles. The number of hydrogen-bond donors (Lipinski definition) is 2. The third-order valence-corrected chi connectivity index (χ3v) is 5.92. The number of likely N-dealkylation sites (tertiary alicyclic amines) is 1. The minimum atomic E-state index is -5.07. The quantitative estimate of drug-likeness (QED) is 0.489. The second kappa shape index (κ2) is 8.25. The fourth-order valence-corrected chi connectivity index (χ4v) is 4.26. The molecule has 1 heterocycles. The summed E-state index contributed by atoms with van der Waals surface area (Å²) in [6, 6.07) is 1.21. The lowest BCUT2D eigenvalue weighted by molar-refractivity contribution is -0.158. The van der Waals surface area contributed by atoms with Crippen LogP contribution >= 0.6 is 0 Å². The first-order chi connectivity index (χ1) is 14.2. The van der Waals surface area contributed by atoms with Gasteiger partial charge < -0.3 is 15.6 Å². The first-order valence-electron chi connectivity index (χ1n) is 9.80. The molecule has 1 aromatic rings. The Morgan fingerprint density at radius 1 is 1.29 bits per heavy atom. The normalized spacial score (nSPS) is 26.2. The van der Waals surface area contributed by atoms with Crippen LogP contribution in [0.2, 0.25) is 0 Å². The van der Waals surface area contributed by atoms with Gasteiger partial charge in [0.15, 0.2) is 0 Å². The summed E-state index contributed by atoms with van der Waals surface area (Å²) in [5, 5.41) is 10.4. The highest BCUT2D eigenvalue weighted by Gasteiger charge is 2.49. The molecule has 1 aliphatic heterocycles. The van der Waals surface area contributed by atoms with Crippen molar-refractivity contribution in [3.8, 4) is 0 Å².